The molecule has 362 valence electrons. The van der Waals surface area contributed by atoms with Crippen LogP contribution in [0.15, 0.2) is 84.9 Å². The van der Waals surface area contributed by atoms with Crippen LogP contribution < -0.4 is 0 Å². The number of benzene rings is 4. The molecule has 5 aromatic rings. The molecular formula is C64H81NO2SiZr. The molecule has 0 radical (unpaired) electrons. The fraction of sp³-hybridized carbons (Fsp3) is 0.547. The van der Waals surface area contributed by atoms with Gasteiger partial charge in [0.05, 0.1) is 19.5 Å². The van der Waals surface area contributed by atoms with Crippen molar-refractivity contribution in [2.45, 2.75) is 185 Å². The van der Waals surface area contributed by atoms with Crippen LogP contribution in [0.4, 0.5) is 0 Å². The van der Waals surface area contributed by atoms with Gasteiger partial charge in [0.15, 0.2) is 0 Å². The first kappa shape index (κ1) is 49.3. The van der Waals surface area contributed by atoms with Gasteiger partial charge < -0.3 is 10.2 Å². The van der Waals surface area contributed by atoms with E-state index in [9.17, 15) is 10.2 Å². The van der Waals surface area contributed by atoms with Crippen LogP contribution in [0.25, 0.3) is 44.8 Å². The fourth-order valence-electron chi connectivity index (χ4n) is 16.6. The second-order valence-corrected chi connectivity index (χ2v) is 31.8. The molecule has 8 aliphatic carbocycles. The van der Waals surface area contributed by atoms with E-state index in [2.05, 4.69) is 147 Å². The molecule has 4 aromatic carbocycles. The number of nitrogens with zero attached hydrogens (tertiary/aromatic N) is 1. The molecule has 0 aliphatic heterocycles. The van der Waals surface area contributed by atoms with Gasteiger partial charge in [-0.1, -0.05) is 141 Å². The number of rotatable bonds is 11. The van der Waals surface area contributed by atoms with Gasteiger partial charge in [-0.3, -0.25) is 0 Å². The van der Waals surface area contributed by atoms with Crippen molar-refractivity contribution in [2.24, 2.45) is 35.5 Å². The molecule has 0 spiro atoms. The first-order valence-corrected chi connectivity index (χ1v) is 30.2. The van der Waals surface area contributed by atoms with Gasteiger partial charge in [-0.05, 0) is 192 Å². The monoisotopic (exact) mass is 1010 g/mol. The van der Waals surface area contributed by atoms with Crippen molar-refractivity contribution in [3.8, 4) is 56.3 Å². The van der Waals surface area contributed by atoms with Crippen molar-refractivity contribution < 1.29 is 36.4 Å². The van der Waals surface area contributed by atoms with E-state index in [0.717, 1.165) is 86.3 Å². The van der Waals surface area contributed by atoms with Crippen molar-refractivity contribution in [1.29, 1.82) is 0 Å². The third kappa shape index (κ3) is 8.74. The van der Waals surface area contributed by atoms with Crippen LogP contribution in [-0.4, -0.2) is 23.3 Å². The normalized spacial score (nSPS) is 28.0. The Balaban J connectivity index is 0.00000553. The van der Waals surface area contributed by atoms with Gasteiger partial charge in [-0.2, -0.15) is 0 Å². The Morgan fingerprint density at radius 3 is 1.10 bits per heavy atom. The van der Waals surface area contributed by atoms with E-state index in [-0.39, 0.29) is 47.9 Å². The molecule has 69 heavy (non-hydrogen) atoms. The summed E-state index contributed by atoms with van der Waals surface area (Å²) in [5.74, 6) is 5.71. The Labute approximate surface area is 436 Å². The Morgan fingerprint density at radius 2 is 0.797 bits per heavy atom. The van der Waals surface area contributed by atoms with Crippen LogP contribution in [0.3, 0.4) is 0 Å². The molecule has 8 bridgehead atoms. The standard InChI is InChI=1S/C64H81NO2Si.Zr/c1-10-68(11-2,12-3)39-46-27-57(51-19-15-13-17-49(51)53-29-47(61(4,5)6)31-55(59(53)66)63-33-40-21-41(34-63)23-42(22-40)35-63)65-58(28-46)52-20-16-14-18-50(52)54-30-48(62(7,8)9)32-56(60(54)67)64-36-43-24-44(37-64)26-45(25-43)38-64;/h13-20,27-32,40-45,66-67H,10-12,21-26,33-39H2,1-9H3;. The minimum Gasteiger partial charge on any atom is -0.507 e. The third-order valence-corrected chi connectivity index (χ3v) is 25.5. The summed E-state index contributed by atoms with van der Waals surface area (Å²) in [7, 11) is -1.63. The summed E-state index contributed by atoms with van der Waals surface area (Å²) in [5, 5.41) is 25.8. The number of phenols is 2. The smallest absolute Gasteiger partial charge is 0.127 e. The minimum absolute atomic E-state index is 0. The van der Waals surface area contributed by atoms with Crippen molar-refractivity contribution in [3.05, 3.63) is 113 Å². The molecule has 0 atom stereocenters. The van der Waals surface area contributed by atoms with Gasteiger partial charge in [-0.25, -0.2) is 4.98 Å². The quantitative estimate of drug-likeness (QED) is 0.130. The summed E-state index contributed by atoms with van der Waals surface area (Å²) in [5.41, 5.74) is 14.4. The van der Waals surface area contributed by atoms with Crippen LogP contribution in [0, 0.1) is 35.5 Å². The number of hydrogen-bond donors (Lipinski definition) is 2. The topological polar surface area (TPSA) is 53.4 Å². The fourth-order valence-corrected chi connectivity index (χ4v) is 20.0. The first-order valence-electron chi connectivity index (χ1n) is 27.4. The van der Waals surface area contributed by atoms with E-state index in [4.69, 9.17) is 4.98 Å². The van der Waals surface area contributed by atoms with E-state index in [0.29, 0.717) is 11.5 Å². The largest absolute Gasteiger partial charge is 0.507 e. The molecular weight excluding hydrogens is 934 g/mol. The Kier molecular flexibility index (Phi) is 12.9. The molecule has 8 saturated carbocycles. The molecule has 8 aliphatic rings. The van der Waals surface area contributed by atoms with Crippen LogP contribution in [0.5, 0.6) is 11.5 Å². The van der Waals surface area contributed by atoms with Gasteiger partial charge in [0, 0.05) is 59.6 Å². The predicted molar refractivity (Wildman–Crippen MR) is 287 cm³/mol. The zero-order valence-corrected chi connectivity index (χ0v) is 47.2. The molecule has 1 aromatic heterocycles. The second kappa shape index (κ2) is 18.0. The number of pyridine rings is 1. The molecule has 1 heterocycles. The van der Waals surface area contributed by atoms with Gasteiger partial charge in [0.25, 0.3) is 0 Å². The Morgan fingerprint density at radius 1 is 0.478 bits per heavy atom. The summed E-state index contributed by atoms with van der Waals surface area (Å²) in [4.78, 5) is 5.76. The van der Waals surface area contributed by atoms with E-state index in [1.54, 1.807) is 0 Å². The summed E-state index contributed by atoms with van der Waals surface area (Å²) < 4.78 is 0. The Bertz CT molecular complexity index is 2500. The number of hydrogen-bond acceptors (Lipinski definition) is 3. The van der Waals surface area contributed by atoms with Crippen molar-refractivity contribution in [2.75, 3.05) is 0 Å². The maximum absolute atomic E-state index is 12.9. The van der Waals surface area contributed by atoms with Crippen molar-refractivity contribution in [1.82, 2.24) is 4.98 Å². The average molecular weight is 1020 g/mol. The van der Waals surface area contributed by atoms with Crippen LogP contribution in [0.2, 0.25) is 18.1 Å². The van der Waals surface area contributed by atoms with E-state index in [1.165, 1.54) is 123 Å². The SMILES string of the molecule is CC[Si](CC)(CC)Cc1cc(-c2ccccc2-c2cc(C(C)(C)C)cc(C34CC5CC(CC(C5)C3)C4)c2O)nc(-c2ccccc2-c2cc(C(C)(C)C)cc(C34CC5CC(CC(C5)C3)C4)c2O)c1.[Zr]. The van der Waals surface area contributed by atoms with Crippen molar-refractivity contribution in [3.63, 3.8) is 0 Å². The Hall–Kier alpha value is -3.27. The summed E-state index contributed by atoms with van der Waals surface area (Å²) in [6, 6.07) is 36.8. The zero-order chi connectivity index (χ0) is 47.5. The average Bonchev–Trinajstić information content (AvgIpc) is 3.29. The molecule has 3 nitrogen and oxygen atoms in total. The first-order chi connectivity index (χ1) is 32.4. The maximum Gasteiger partial charge on any atom is 0.127 e. The minimum atomic E-state index is -1.63. The van der Waals surface area contributed by atoms with Crippen LogP contribution in [0.1, 0.15) is 167 Å². The number of aromatic nitrogens is 1. The maximum atomic E-state index is 12.9. The molecule has 0 saturated heterocycles. The predicted octanol–water partition coefficient (Wildman–Crippen LogP) is 17.3. The van der Waals surface area contributed by atoms with Gasteiger partial charge in [-0.15, -0.1) is 0 Å². The van der Waals surface area contributed by atoms with Gasteiger partial charge in [0.1, 0.15) is 11.5 Å². The zero-order valence-electron chi connectivity index (χ0n) is 43.7. The third-order valence-electron chi connectivity index (χ3n) is 19.9. The van der Waals surface area contributed by atoms with Crippen molar-refractivity contribution >= 4 is 8.07 Å². The van der Waals surface area contributed by atoms with E-state index in [1.807, 2.05) is 0 Å². The van der Waals surface area contributed by atoms with E-state index < -0.39 is 8.07 Å². The summed E-state index contributed by atoms with van der Waals surface area (Å²) in [6.07, 6.45) is 15.6. The van der Waals surface area contributed by atoms with E-state index >= 15 is 0 Å². The molecule has 2 N–H and O–H groups in total. The molecule has 13 rings (SSSR count). The molecule has 0 amide bonds. The molecule has 8 fully saturated rings. The number of phenolic OH excluding ortho intramolecular Hbond substituents is 2. The van der Waals surface area contributed by atoms with Crippen LogP contribution >= 0.6 is 0 Å². The summed E-state index contributed by atoms with van der Waals surface area (Å²) in [6.45, 7) is 21.3. The van der Waals surface area contributed by atoms with Crippen LogP contribution in [-0.2, 0) is 53.9 Å². The molecule has 5 heteroatoms. The summed E-state index contributed by atoms with van der Waals surface area (Å²) >= 11 is 0. The second-order valence-electron chi connectivity index (χ2n) is 26.3. The van der Waals surface area contributed by atoms with Gasteiger partial charge in [0.2, 0.25) is 0 Å². The van der Waals surface area contributed by atoms with Gasteiger partial charge >= 0.3 is 0 Å². The number of aromatic hydroxyl groups is 2. The molecule has 0 unspecified atom stereocenters.